The summed E-state index contributed by atoms with van der Waals surface area (Å²) >= 11 is 0. The number of hydrogen-bond donors (Lipinski definition) is 1. The van der Waals surface area contributed by atoms with E-state index in [1.54, 1.807) is 0 Å². The molecule has 6 nitrogen and oxygen atoms in total. The summed E-state index contributed by atoms with van der Waals surface area (Å²) in [6, 6.07) is 28.9. The molecule has 0 saturated carbocycles. The van der Waals surface area contributed by atoms with Crippen molar-refractivity contribution in [1.82, 2.24) is 14.4 Å². The van der Waals surface area contributed by atoms with Gasteiger partial charge in [-0.25, -0.2) is 4.79 Å². The van der Waals surface area contributed by atoms with Gasteiger partial charge in [0, 0.05) is 61.1 Å². The zero-order valence-electron chi connectivity index (χ0n) is 23.8. The van der Waals surface area contributed by atoms with Crippen LogP contribution in [0, 0.1) is 6.92 Å². The third-order valence-corrected chi connectivity index (χ3v) is 8.34. The number of ether oxygens (including phenoxy) is 1. The van der Waals surface area contributed by atoms with Crippen LogP contribution in [-0.4, -0.2) is 65.3 Å². The maximum absolute atomic E-state index is 12.9. The van der Waals surface area contributed by atoms with Gasteiger partial charge in [-0.05, 0) is 54.6 Å². The van der Waals surface area contributed by atoms with Crippen LogP contribution in [0.5, 0.6) is 5.75 Å². The first-order valence-electron chi connectivity index (χ1n) is 14.5. The SMILES string of the molecule is Cc1ccccc1-c1cccc2c1c(CN1CCN(C)CC1)c(C(=O)O)n2CCCOc1cccc2ccccc12. The maximum atomic E-state index is 12.9. The van der Waals surface area contributed by atoms with Crippen molar-refractivity contribution in [2.24, 2.45) is 0 Å². The largest absolute Gasteiger partial charge is 0.493 e. The Balaban J connectivity index is 1.37. The van der Waals surface area contributed by atoms with E-state index < -0.39 is 5.97 Å². The monoisotopic (exact) mass is 547 g/mol. The van der Waals surface area contributed by atoms with E-state index in [2.05, 4.69) is 78.4 Å². The lowest BCUT2D eigenvalue weighted by Gasteiger charge is -2.32. The minimum absolute atomic E-state index is 0.394. The molecule has 6 rings (SSSR count). The molecule has 210 valence electrons. The van der Waals surface area contributed by atoms with Gasteiger partial charge in [0.1, 0.15) is 11.4 Å². The molecule has 0 unspecified atom stereocenters. The van der Waals surface area contributed by atoms with Gasteiger partial charge in [-0.15, -0.1) is 0 Å². The zero-order chi connectivity index (χ0) is 28.3. The molecule has 2 heterocycles. The molecule has 0 spiro atoms. The number of aromatic carboxylic acids is 1. The number of hydrogen-bond acceptors (Lipinski definition) is 4. The highest BCUT2D eigenvalue weighted by Gasteiger charge is 2.27. The predicted octanol–water partition coefficient (Wildman–Crippen LogP) is 6.68. The van der Waals surface area contributed by atoms with Crippen molar-refractivity contribution in [3.8, 4) is 16.9 Å². The number of piperazine rings is 1. The molecule has 1 saturated heterocycles. The van der Waals surface area contributed by atoms with Crippen LogP contribution >= 0.6 is 0 Å². The fourth-order valence-electron chi connectivity index (χ4n) is 6.17. The standard InChI is InChI=1S/C35H37N3O3/c1-25-10-3-5-13-27(25)29-15-8-16-31-33(29)30(24-37-21-19-36(2)20-22-37)34(35(39)40)38(31)18-9-23-41-32-17-7-12-26-11-4-6-14-28(26)32/h3-8,10-17H,9,18-24H2,1-2H3,(H,39,40). The van der Waals surface area contributed by atoms with Crippen LogP contribution in [-0.2, 0) is 13.1 Å². The highest BCUT2D eigenvalue weighted by atomic mass is 16.5. The summed E-state index contributed by atoms with van der Waals surface area (Å²) in [6.07, 6.45) is 0.690. The lowest BCUT2D eigenvalue weighted by Crippen LogP contribution is -2.44. The second-order valence-electron chi connectivity index (χ2n) is 11.1. The van der Waals surface area contributed by atoms with Crippen molar-refractivity contribution in [3.63, 3.8) is 0 Å². The van der Waals surface area contributed by atoms with Crippen molar-refractivity contribution < 1.29 is 14.6 Å². The Labute approximate surface area is 241 Å². The fourth-order valence-corrected chi connectivity index (χ4v) is 6.17. The number of nitrogens with zero attached hydrogens (tertiary/aromatic N) is 3. The molecule has 0 amide bonds. The Morgan fingerprint density at radius 2 is 1.56 bits per heavy atom. The molecule has 0 radical (unpaired) electrons. The third kappa shape index (κ3) is 5.45. The molecule has 1 N–H and O–H groups in total. The van der Waals surface area contributed by atoms with E-state index in [-0.39, 0.29) is 0 Å². The number of rotatable bonds is 9. The average molecular weight is 548 g/mol. The Morgan fingerprint density at radius 3 is 2.37 bits per heavy atom. The first kappa shape index (κ1) is 27.1. The van der Waals surface area contributed by atoms with Crippen molar-refractivity contribution >= 4 is 27.6 Å². The molecule has 6 heteroatoms. The summed E-state index contributed by atoms with van der Waals surface area (Å²) in [5.74, 6) is -0.0208. The highest BCUT2D eigenvalue weighted by Crippen LogP contribution is 2.37. The van der Waals surface area contributed by atoms with Gasteiger partial charge in [0.05, 0.1) is 6.61 Å². The third-order valence-electron chi connectivity index (χ3n) is 8.34. The Hall–Kier alpha value is -4.13. The lowest BCUT2D eigenvalue weighted by molar-refractivity contribution is 0.0681. The molecule has 1 fully saturated rings. The van der Waals surface area contributed by atoms with Crippen LogP contribution in [0.4, 0.5) is 0 Å². The molecule has 41 heavy (non-hydrogen) atoms. The van der Waals surface area contributed by atoms with Gasteiger partial charge in [0.15, 0.2) is 0 Å². The number of aryl methyl sites for hydroxylation is 2. The van der Waals surface area contributed by atoms with Crippen LogP contribution in [0.2, 0.25) is 0 Å². The van der Waals surface area contributed by atoms with Crippen molar-refractivity contribution in [2.75, 3.05) is 39.8 Å². The van der Waals surface area contributed by atoms with E-state index in [4.69, 9.17) is 4.74 Å². The van der Waals surface area contributed by atoms with Crippen LogP contribution in [0.1, 0.15) is 28.0 Å². The zero-order valence-corrected chi connectivity index (χ0v) is 23.8. The lowest BCUT2D eigenvalue weighted by atomic mass is 9.95. The van der Waals surface area contributed by atoms with Gasteiger partial charge in [0.2, 0.25) is 0 Å². The molecule has 1 aromatic heterocycles. The van der Waals surface area contributed by atoms with Crippen LogP contribution in [0.15, 0.2) is 84.9 Å². The maximum Gasteiger partial charge on any atom is 0.352 e. The Kier molecular flexibility index (Phi) is 7.77. The molecular formula is C35H37N3O3. The first-order valence-corrected chi connectivity index (χ1v) is 14.5. The quantitative estimate of drug-likeness (QED) is 0.209. The second-order valence-corrected chi connectivity index (χ2v) is 11.1. The number of carboxylic acids is 1. The summed E-state index contributed by atoms with van der Waals surface area (Å²) < 4.78 is 8.24. The Bertz CT molecular complexity index is 1690. The van der Waals surface area contributed by atoms with Crippen molar-refractivity contribution in [3.05, 3.63) is 102 Å². The molecule has 4 aromatic carbocycles. The average Bonchev–Trinajstić information content (AvgIpc) is 3.30. The van der Waals surface area contributed by atoms with E-state index in [1.165, 1.54) is 5.56 Å². The van der Waals surface area contributed by atoms with Gasteiger partial charge in [0.25, 0.3) is 0 Å². The van der Waals surface area contributed by atoms with Crippen LogP contribution < -0.4 is 4.74 Å². The van der Waals surface area contributed by atoms with Crippen molar-refractivity contribution in [1.29, 1.82) is 0 Å². The molecule has 0 bridgehead atoms. The Morgan fingerprint density at radius 1 is 0.854 bits per heavy atom. The second kappa shape index (κ2) is 11.8. The molecule has 1 aliphatic heterocycles. The number of carbonyl (C=O) groups is 1. The smallest absolute Gasteiger partial charge is 0.352 e. The number of benzene rings is 4. The van der Waals surface area contributed by atoms with E-state index in [0.717, 1.165) is 70.3 Å². The highest BCUT2D eigenvalue weighted by molar-refractivity contribution is 6.05. The number of fused-ring (bicyclic) bond motifs is 2. The number of aromatic nitrogens is 1. The van der Waals surface area contributed by atoms with Crippen LogP contribution in [0.25, 0.3) is 32.8 Å². The van der Waals surface area contributed by atoms with Gasteiger partial charge < -0.3 is 19.3 Å². The summed E-state index contributed by atoms with van der Waals surface area (Å²) in [4.78, 5) is 17.7. The fraction of sp³-hybridized carbons (Fsp3) is 0.286. The first-order chi connectivity index (χ1) is 20.0. The molecule has 0 aliphatic carbocycles. The number of likely N-dealkylation sites (N-methyl/N-ethyl adjacent to an activating group) is 1. The van der Waals surface area contributed by atoms with Gasteiger partial charge in [-0.1, -0.05) is 72.8 Å². The van der Waals surface area contributed by atoms with Gasteiger partial charge in [-0.2, -0.15) is 0 Å². The van der Waals surface area contributed by atoms with Crippen molar-refractivity contribution in [2.45, 2.75) is 26.4 Å². The molecule has 5 aromatic rings. The summed E-state index contributed by atoms with van der Waals surface area (Å²) in [5.41, 5.74) is 5.69. The van der Waals surface area contributed by atoms with Gasteiger partial charge in [-0.3, -0.25) is 4.90 Å². The van der Waals surface area contributed by atoms with E-state index in [1.807, 2.05) is 34.9 Å². The minimum Gasteiger partial charge on any atom is -0.493 e. The van der Waals surface area contributed by atoms with E-state index >= 15 is 0 Å². The normalized spacial score (nSPS) is 14.6. The minimum atomic E-state index is -0.879. The summed E-state index contributed by atoms with van der Waals surface area (Å²) in [7, 11) is 2.14. The molecular weight excluding hydrogens is 510 g/mol. The molecule has 0 atom stereocenters. The number of carboxylic acid groups (broad SMARTS) is 1. The van der Waals surface area contributed by atoms with E-state index in [0.29, 0.717) is 31.8 Å². The summed E-state index contributed by atoms with van der Waals surface area (Å²) in [5, 5.41) is 13.9. The van der Waals surface area contributed by atoms with Crippen LogP contribution in [0.3, 0.4) is 0 Å². The topological polar surface area (TPSA) is 57.9 Å². The predicted molar refractivity (Wildman–Crippen MR) is 166 cm³/mol. The summed E-state index contributed by atoms with van der Waals surface area (Å²) in [6.45, 7) is 7.61. The van der Waals surface area contributed by atoms with Gasteiger partial charge >= 0.3 is 5.97 Å². The van der Waals surface area contributed by atoms with E-state index in [9.17, 15) is 9.90 Å². The molecule has 1 aliphatic rings.